The number of nitrogens with one attached hydrogen (secondary N) is 1. The van der Waals surface area contributed by atoms with Crippen LogP contribution >= 0.6 is 0 Å². The van der Waals surface area contributed by atoms with Gasteiger partial charge in [0.2, 0.25) is 5.91 Å². The van der Waals surface area contributed by atoms with Crippen molar-refractivity contribution < 1.29 is 14.3 Å². The average Bonchev–Trinajstić information content (AvgIpc) is 2.40. The highest BCUT2D eigenvalue weighted by atomic mass is 16.5. The second-order valence-electron chi connectivity index (χ2n) is 4.03. The van der Waals surface area contributed by atoms with Gasteiger partial charge in [-0.15, -0.1) is 12.3 Å². The Morgan fingerprint density at radius 2 is 2.21 bits per heavy atom. The van der Waals surface area contributed by atoms with Crippen LogP contribution in [-0.4, -0.2) is 25.0 Å². The third-order valence-electron chi connectivity index (χ3n) is 2.59. The number of carbonyl (C=O) groups excluding carboxylic acids is 2. The first kappa shape index (κ1) is 14.7. The number of aryl methyl sites for hydroxylation is 1. The van der Waals surface area contributed by atoms with Crippen LogP contribution in [-0.2, 0) is 9.53 Å². The van der Waals surface area contributed by atoms with Crippen molar-refractivity contribution in [2.45, 2.75) is 19.4 Å². The van der Waals surface area contributed by atoms with Gasteiger partial charge in [-0.1, -0.05) is 6.07 Å². The first-order chi connectivity index (χ1) is 8.99. The van der Waals surface area contributed by atoms with Crippen LogP contribution in [0, 0.1) is 19.3 Å². The SMILES string of the molecule is C#CCC(N)C(=O)Nc1cc(C(=O)OC)ccc1C. The second kappa shape index (κ2) is 6.57. The van der Waals surface area contributed by atoms with Gasteiger partial charge in [-0.05, 0) is 24.6 Å². The molecule has 0 spiro atoms. The van der Waals surface area contributed by atoms with Crippen molar-refractivity contribution in [3.8, 4) is 12.3 Å². The van der Waals surface area contributed by atoms with E-state index in [2.05, 4.69) is 16.0 Å². The summed E-state index contributed by atoms with van der Waals surface area (Å²) in [6, 6.07) is 4.11. The number of nitrogens with two attached hydrogens (primary N) is 1. The molecule has 100 valence electrons. The molecule has 1 rings (SSSR count). The van der Waals surface area contributed by atoms with E-state index >= 15 is 0 Å². The topological polar surface area (TPSA) is 81.4 Å². The van der Waals surface area contributed by atoms with Gasteiger partial charge in [0.15, 0.2) is 0 Å². The summed E-state index contributed by atoms with van der Waals surface area (Å²) in [4.78, 5) is 23.2. The maximum Gasteiger partial charge on any atom is 0.337 e. The van der Waals surface area contributed by atoms with Gasteiger partial charge in [-0.3, -0.25) is 4.79 Å². The van der Waals surface area contributed by atoms with Gasteiger partial charge in [-0.2, -0.15) is 0 Å². The van der Waals surface area contributed by atoms with E-state index in [-0.39, 0.29) is 12.3 Å². The summed E-state index contributed by atoms with van der Waals surface area (Å²) < 4.78 is 4.62. The largest absolute Gasteiger partial charge is 0.465 e. The van der Waals surface area contributed by atoms with Crippen LogP contribution in [0.25, 0.3) is 0 Å². The van der Waals surface area contributed by atoms with E-state index in [0.717, 1.165) is 5.56 Å². The molecule has 5 nitrogen and oxygen atoms in total. The highest BCUT2D eigenvalue weighted by Gasteiger charge is 2.14. The molecule has 3 N–H and O–H groups in total. The summed E-state index contributed by atoms with van der Waals surface area (Å²) in [7, 11) is 1.29. The Labute approximate surface area is 112 Å². The predicted octanol–water partition coefficient (Wildman–Crippen LogP) is 1.07. The molecule has 0 heterocycles. The minimum Gasteiger partial charge on any atom is -0.465 e. The number of rotatable bonds is 4. The summed E-state index contributed by atoms with van der Waals surface area (Å²) in [5.74, 6) is 1.47. The molecule has 0 aliphatic rings. The monoisotopic (exact) mass is 260 g/mol. The molecule has 0 bridgehead atoms. The van der Waals surface area contributed by atoms with Gasteiger partial charge in [0.25, 0.3) is 0 Å². The summed E-state index contributed by atoms with van der Waals surface area (Å²) in [6.07, 6.45) is 5.26. The lowest BCUT2D eigenvalue weighted by Gasteiger charge is -2.12. The van der Waals surface area contributed by atoms with E-state index in [4.69, 9.17) is 12.2 Å². The number of ether oxygens (including phenoxy) is 1. The summed E-state index contributed by atoms with van der Waals surface area (Å²) in [5, 5.41) is 2.65. The number of amides is 1. The number of carbonyl (C=O) groups is 2. The van der Waals surface area contributed by atoms with Gasteiger partial charge in [0.05, 0.1) is 18.7 Å². The first-order valence-corrected chi connectivity index (χ1v) is 5.68. The zero-order valence-corrected chi connectivity index (χ0v) is 10.9. The Morgan fingerprint density at radius 3 is 2.79 bits per heavy atom. The number of benzene rings is 1. The fourth-order valence-electron chi connectivity index (χ4n) is 1.45. The second-order valence-corrected chi connectivity index (χ2v) is 4.03. The number of hydrogen-bond acceptors (Lipinski definition) is 4. The van der Waals surface area contributed by atoms with Crippen LogP contribution in [0.3, 0.4) is 0 Å². The normalized spacial score (nSPS) is 11.3. The van der Waals surface area contributed by atoms with Crippen LogP contribution < -0.4 is 11.1 Å². The Morgan fingerprint density at radius 1 is 1.53 bits per heavy atom. The zero-order chi connectivity index (χ0) is 14.4. The summed E-state index contributed by atoms with van der Waals surface area (Å²) in [6.45, 7) is 1.81. The fraction of sp³-hybridized carbons (Fsp3) is 0.286. The minimum absolute atomic E-state index is 0.154. The van der Waals surface area contributed by atoms with Crippen molar-refractivity contribution in [2.75, 3.05) is 12.4 Å². The van der Waals surface area contributed by atoms with E-state index in [1.165, 1.54) is 7.11 Å². The molecular formula is C14H16N2O3. The van der Waals surface area contributed by atoms with Crippen molar-refractivity contribution in [3.63, 3.8) is 0 Å². The Balaban J connectivity index is 2.92. The number of hydrogen-bond donors (Lipinski definition) is 2. The molecule has 5 heteroatoms. The number of esters is 1. The van der Waals surface area contributed by atoms with Gasteiger partial charge < -0.3 is 15.8 Å². The molecule has 0 fully saturated rings. The van der Waals surface area contributed by atoms with Crippen LogP contribution in [0.4, 0.5) is 5.69 Å². The molecule has 1 aromatic rings. The van der Waals surface area contributed by atoms with Crippen molar-refractivity contribution in [1.29, 1.82) is 0 Å². The minimum atomic E-state index is -0.772. The van der Waals surface area contributed by atoms with E-state index < -0.39 is 12.0 Å². The van der Waals surface area contributed by atoms with Crippen molar-refractivity contribution in [3.05, 3.63) is 29.3 Å². The van der Waals surface area contributed by atoms with E-state index in [1.807, 2.05) is 6.92 Å². The van der Waals surface area contributed by atoms with E-state index in [1.54, 1.807) is 18.2 Å². The number of methoxy groups -OCH3 is 1. The quantitative estimate of drug-likeness (QED) is 0.626. The number of anilines is 1. The van der Waals surface area contributed by atoms with Gasteiger partial charge in [0.1, 0.15) is 0 Å². The van der Waals surface area contributed by atoms with Gasteiger partial charge in [-0.25, -0.2) is 4.79 Å². The molecule has 0 saturated heterocycles. The number of terminal acetylenes is 1. The van der Waals surface area contributed by atoms with Crippen LogP contribution in [0.2, 0.25) is 0 Å². The van der Waals surface area contributed by atoms with Crippen molar-refractivity contribution in [1.82, 2.24) is 0 Å². The lowest BCUT2D eigenvalue weighted by molar-refractivity contribution is -0.117. The van der Waals surface area contributed by atoms with Crippen molar-refractivity contribution in [2.24, 2.45) is 5.73 Å². The first-order valence-electron chi connectivity index (χ1n) is 5.68. The molecule has 0 saturated carbocycles. The molecule has 19 heavy (non-hydrogen) atoms. The Kier molecular flexibility index (Phi) is 5.10. The molecule has 1 unspecified atom stereocenters. The molecule has 1 amide bonds. The molecular weight excluding hydrogens is 244 g/mol. The molecule has 1 atom stereocenters. The maximum atomic E-state index is 11.8. The fourth-order valence-corrected chi connectivity index (χ4v) is 1.45. The maximum absolute atomic E-state index is 11.8. The lowest BCUT2D eigenvalue weighted by atomic mass is 10.1. The lowest BCUT2D eigenvalue weighted by Crippen LogP contribution is -2.35. The zero-order valence-electron chi connectivity index (χ0n) is 10.9. The summed E-state index contributed by atoms with van der Waals surface area (Å²) >= 11 is 0. The summed E-state index contributed by atoms with van der Waals surface area (Å²) in [5.41, 5.74) is 7.29. The van der Waals surface area contributed by atoms with E-state index in [9.17, 15) is 9.59 Å². The van der Waals surface area contributed by atoms with Gasteiger partial charge >= 0.3 is 5.97 Å². The highest BCUT2D eigenvalue weighted by Crippen LogP contribution is 2.17. The van der Waals surface area contributed by atoms with Crippen LogP contribution in [0.1, 0.15) is 22.3 Å². The molecule has 0 radical (unpaired) electrons. The van der Waals surface area contributed by atoms with Gasteiger partial charge in [0, 0.05) is 12.1 Å². The molecule has 0 aromatic heterocycles. The third kappa shape index (κ3) is 3.83. The smallest absolute Gasteiger partial charge is 0.337 e. The molecule has 0 aliphatic carbocycles. The Hall–Kier alpha value is -2.32. The van der Waals surface area contributed by atoms with Crippen LogP contribution in [0.5, 0.6) is 0 Å². The third-order valence-corrected chi connectivity index (χ3v) is 2.59. The molecule has 1 aromatic carbocycles. The standard InChI is InChI=1S/C14H16N2O3/c1-4-5-11(15)13(17)16-12-8-10(14(18)19-3)7-6-9(12)2/h1,6-8,11H,5,15H2,2-3H3,(H,16,17). The predicted molar refractivity (Wildman–Crippen MR) is 72.6 cm³/mol. The van der Waals surface area contributed by atoms with E-state index in [0.29, 0.717) is 11.3 Å². The average molecular weight is 260 g/mol. The van der Waals surface area contributed by atoms with Crippen LogP contribution in [0.15, 0.2) is 18.2 Å². The van der Waals surface area contributed by atoms with Crippen molar-refractivity contribution >= 4 is 17.6 Å². The molecule has 0 aliphatic heterocycles. The highest BCUT2D eigenvalue weighted by molar-refractivity contribution is 5.97. The Bertz CT molecular complexity index is 532.